The zero-order valence-corrected chi connectivity index (χ0v) is 13.7. The summed E-state index contributed by atoms with van der Waals surface area (Å²) in [5.74, 6) is -0.865. The molecule has 4 rings (SSSR count). The van der Waals surface area contributed by atoms with Crippen molar-refractivity contribution in [1.82, 2.24) is 9.47 Å². The molecule has 4 nitrogen and oxygen atoms in total. The zero-order valence-electron chi connectivity index (χ0n) is 13.7. The van der Waals surface area contributed by atoms with Crippen LogP contribution in [0, 0.1) is 0 Å². The number of hydrogen-bond donors (Lipinski definition) is 1. The number of para-hydroxylation sites is 1. The Morgan fingerprint density at radius 3 is 2.71 bits per heavy atom. The lowest BCUT2D eigenvalue weighted by Gasteiger charge is -2.24. The van der Waals surface area contributed by atoms with E-state index < -0.39 is 5.97 Å². The normalized spacial score (nSPS) is 14.7. The largest absolute Gasteiger partial charge is 0.478 e. The van der Waals surface area contributed by atoms with E-state index in [4.69, 9.17) is 0 Å². The summed E-state index contributed by atoms with van der Waals surface area (Å²) in [6.45, 7) is 2.58. The number of benzene rings is 2. The van der Waals surface area contributed by atoms with Crippen molar-refractivity contribution in [1.29, 1.82) is 0 Å². The summed E-state index contributed by atoms with van der Waals surface area (Å²) in [6.07, 6.45) is 0.996. The standard InChI is InChI=1S/C20H20N2O2/c1-21-11-10-19-17(13-21)16-8-4-5-9-18(16)22(19)12-14-6-2-3-7-15(14)20(23)24/h2-9H,10-13H2,1H3,(H,23,24). The molecule has 0 fully saturated rings. The van der Waals surface area contributed by atoms with Crippen LogP contribution in [0.1, 0.15) is 27.2 Å². The molecule has 0 atom stereocenters. The topological polar surface area (TPSA) is 45.5 Å². The highest BCUT2D eigenvalue weighted by atomic mass is 16.4. The smallest absolute Gasteiger partial charge is 0.336 e. The lowest BCUT2D eigenvalue weighted by Crippen LogP contribution is -2.27. The van der Waals surface area contributed by atoms with Crippen molar-refractivity contribution in [2.75, 3.05) is 13.6 Å². The van der Waals surface area contributed by atoms with Gasteiger partial charge in [-0.3, -0.25) is 0 Å². The quantitative estimate of drug-likeness (QED) is 0.805. The number of likely N-dealkylation sites (N-methyl/N-ethyl adjacent to an activating group) is 1. The Hall–Kier alpha value is -2.59. The number of nitrogens with zero attached hydrogens (tertiary/aromatic N) is 2. The second-order valence-electron chi connectivity index (χ2n) is 6.48. The molecule has 4 heteroatoms. The molecule has 0 amide bonds. The lowest BCUT2D eigenvalue weighted by atomic mass is 10.0. The number of aromatic carboxylic acids is 1. The molecule has 1 aliphatic heterocycles. The number of fused-ring (bicyclic) bond motifs is 3. The highest BCUT2D eigenvalue weighted by Gasteiger charge is 2.22. The summed E-state index contributed by atoms with van der Waals surface area (Å²) in [4.78, 5) is 13.9. The summed E-state index contributed by atoms with van der Waals surface area (Å²) >= 11 is 0. The van der Waals surface area contributed by atoms with Gasteiger partial charge in [0.2, 0.25) is 0 Å². The Morgan fingerprint density at radius 1 is 1.12 bits per heavy atom. The molecule has 1 aromatic heterocycles. The van der Waals surface area contributed by atoms with Crippen molar-refractivity contribution in [3.05, 3.63) is 70.9 Å². The van der Waals surface area contributed by atoms with E-state index in [1.165, 1.54) is 22.2 Å². The fourth-order valence-electron chi connectivity index (χ4n) is 3.75. The number of carboxylic acids is 1. The van der Waals surface area contributed by atoms with Gasteiger partial charge in [-0.25, -0.2) is 4.79 Å². The maximum atomic E-state index is 11.5. The van der Waals surface area contributed by atoms with E-state index in [2.05, 4.69) is 40.8 Å². The Kier molecular flexibility index (Phi) is 3.62. The van der Waals surface area contributed by atoms with Crippen LogP contribution in [-0.2, 0) is 19.5 Å². The molecule has 0 saturated heterocycles. The third-order valence-corrected chi connectivity index (χ3v) is 4.93. The molecule has 0 unspecified atom stereocenters. The Bertz CT molecular complexity index is 927. The van der Waals surface area contributed by atoms with Crippen LogP contribution in [0.15, 0.2) is 48.5 Å². The van der Waals surface area contributed by atoms with Crippen LogP contribution >= 0.6 is 0 Å². The average Bonchev–Trinajstić information content (AvgIpc) is 2.89. The zero-order chi connectivity index (χ0) is 16.7. The van der Waals surface area contributed by atoms with Crippen LogP contribution in [0.4, 0.5) is 0 Å². The maximum absolute atomic E-state index is 11.5. The van der Waals surface area contributed by atoms with Gasteiger partial charge in [-0.05, 0) is 30.3 Å². The monoisotopic (exact) mass is 320 g/mol. The fraction of sp³-hybridized carbons (Fsp3) is 0.250. The van der Waals surface area contributed by atoms with Crippen molar-refractivity contribution >= 4 is 16.9 Å². The minimum absolute atomic E-state index is 0.386. The molecule has 0 radical (unpaired) electrons. The van der Waals surface area contributed by atoms with Crippen LogP contribution in [0.2, 0.25) is 0 Å². The molecule has 3 aromatic rings. The summed E-state index contributed by atoms with van der Waals surface area (Å²) < 4.78 is 2.30. The minimum Gasteiger partial charge on any atom is -0.478 e. The second kappa shape index (κ2) is 5.80. The van der Waals surface area contributed by atoms with Crippen LogP contribution < -0.4 is 0 Å². The van der Waals surface area contributed by atoms with E-state index in [0.717, 1.165) is 25.1 Å². The molecular weight excluding hydrogens is 300 g/mol. The van der Waals surface area contributed by atoms with Crippen LogP contribution in [0.25, 0.3) is 10.9 Å². The number of aromatic nitrogens is 1. The number of rotatable bonds is 3. The van der Waals surface area contributed by atoms with E-state index in [1.807, 2.05) is 12.1 Å². The fourth-order valence-corrected chi connectivity index (χ4v) is 3.75. The molecule has 24 heavy (non-hydrogen) atoms. The van der Waals surface area contributed by atoms with Gasteiger partial charge < -0.3 is 14.6 Å². The SMILES string of the molecule is CN1CCc2c(c3ccccc3n2Cc2ccccc2C(=O)O)C1. The molecule has 0 bridgehead atoms. The predicted molar refractivity (Wildman–Crippen MR) is 94.5 cm³/mol. The van der Waals surface area contributed by atoms with Gasteiger partial charge in [-0.15, -0.1) is 0 Å². The first-order chi connectivity index (χ1) is 11.6. The van der Waals surface area contributed by atoms with Crippen LogP contribution in [-0.4, -0.2) is 34.1 Å². The first kappa shape index (κ1) is 15.0. The maximum Gasteiger partial charge on any atom is 0.336 e. The molecule has 1 aliphatic rings. The van der Waals surface area contributed by atoms with Gasteiger partial charge in [0.1, 0.15) is 0 Å². The van der Waals surface area contributed by atoms with Crippen molar-refractivity contribution in [3.63, 3.8) is 0 Å². The lowest BCUT2D eigenvalue weighted by molar-refractivity contribution is 0.0695. The molecule has 1 N–H and O–H groups in total. The van der Waals surface area contributed by atoms with E-state index in [-0.39, 0.29) is 0 Å². The van der Waals surface area contributed by atoms with Gasteiger partial charge in [0.15, 0.2) is 0 Å². The first-order valence-electron chi connectivity index (χ1n) is 8.24. The highest BCUT2D eigenvalue weighted by Crippen LogP contribution is 2.31. The van der Waals surface area contributed by atoms with E-state index in [0.29, 0.717) is 12.1 Å². The van der Waals surface area contributed by atoms with Gasteiger partial charge >= 0.3 is 5.97 Å². The van der Waals surface area contributed by atoms with Crippen LogP contribution in [0.3, 0.4) is 0 Å². The second-order valence-corrected chi connectivity index (χ2v) is 6.48. The highest BCUT2D eigenvalue weighted by molar-refractivity contribution is 5.90. The summed E-state index contributed by atoms with van der Waals surface area (Å²) in [7, 11) is 2.15. The van der Waals surface area contributed by atoms with Crippen molar-refractivity contribution in [3.8, 4) is 0 Å². The van der Waals surface area contributed by atoms with E-state index in [1.54, 1.807) is 12.1 Å². The Labute approximate surface area is 140 Å². The van der Waals surface area contributed by atoms with Crippen molar-refractivity contribution < 1.29 is 9.90 Å². The Balaban J connectivity index is 1.88. The predicted octanol–water partition coefficient (Wildman–Crippen LogP) is 3.38. The van der Waals surface area contributed by atoms with E-state index >= 15 is 0 Å². The van der Waals surface area contributed by atoms with Gasteiger partial charge in [-0.1, -0.05) is 36.4 Å². The van der Waals surface area contributed by atoms with E-state index in [9.17, 15) is 9.90 Å². The molecule has 122 valence electrons. The first-order valence-corrected chi connectivity index (χ1v) is 8.24. The van der Waals surface area contributed by atoms with Crippen molar-refractivity contribution in [2.45, 2.75) is 19.5 Å². The molecular formula is C20H20N2O2. The number of hydrogen-bond acceptors (Lipinski definition) is 2. The number of carbonyl (C=O) groups is 1. The van der Waals surface area contributed by atoms with Gasteiger partial charge in [0.05, 0.1) is 5.56 Å². The third-order valence-electron chi connectivity index (χ3n) is 4.93. The molecule has 2 heterocycles. The molecule has 0 spiro atoms. The average molecular weight is 320 g/mol. The Morgan fingerprint density at radius 2 is 1.88 bits per heavy atom. The van der Waals surface area contributed by atoms with Crippen molar-refractivity contribution in [2.24, 2.45) is 0 Å². The molecule has 2 aromatic carbocycles. The molecule has 0 saturated carbocycles. The molecule has 0 aliphatic carbocycles. The van der Waals surface area contributed by atoms with Gasteiger partial charge in [0, 0.05) is 42.7 Å². The minimum atomic E-state index is -0.865. The number of carboxylic acid groups (broad SMARTS) is 1. The summed E-state index contributed by atoms with van der Waals surface area (Å²) in [5, 5.41) is 10.7. The third kappa shape index (κ3) is 2.39. The summed E-state index contributed by atoms with van der Waals surface area (Å²) in [6, 6.07) is 15.7. The van der Waals surface area contributed by atoms with Gasteiger partial charge in [-0.2, -0.15) is 0 Å². The summed E-state index contributed by atoms with van der Waals surface area (Å²) in [5.41, 5.74) is 5.16. The van der Waals surface area contributed by atoms with Gasteiger partial charge in [0.25, 0.3) is 0 Å². The van der Waals surface area contributed by atoms with Crippen LogP contribution in [0.5, 0.6) is 0 Å².